The van der Waals surface area contributed by atoms with Crippen LogP contribution >= 0.6 is 0 Å². The van der Waals surface area contributed by atoms with Crippen LogP contribution in [0.4, 0.5) is 0 Å². The van der Waals surface area contributed by atoms with E-state index in [1.54, 1.807) is 6.07 Å². The molecular formula is C18H22N2O2. The Morgan fingerprint density at radius 1 is 1.18 bits per heavy atom. The first-order chi connectivity index (χ1) is 10.8. The van der Waals surface area contributed by atoms with Gasteiger partial charge >= 0.3 is 0 Å². The molecule has 22 heavy (non-hydrogen) atoms. The van der Waals surface area contributed by atoms with E-state index in [-0.39, 0.29) is 0 Å². The predicted molar refractivity (Wildman–Crippen MR) is 85.0 cm³/mol. The molecule has 1 aliphatic carbocycles. The predicted octanol–water partition coefficient (Wildman–Crippen LogP) is 3.85. The molecule has 4 heteroatoms. The van der Waals surface area contributed by atoms with E-state index in [0.29, 0.717) is 24.1 Å². The van der Waals surface area contributed by atoms with Crippen LogP contribution in [-0.4, -0.2) is 16.1 Å². The summed E-state index contributed by atoms with van der Waals surface area (Å²) in [6.07, 6.45) is 7.21. The molecule has 0 radical (unpaired) electrons. The molecule has 1 aliphatic rings. The number of benzene rings is 1. The van der Waals surface area contributed by atoms with Gasteiger partial charge < -0.3 is 4.74 Å². The Labute approximate surface area is 131 Å². The van der Waals surface area contributed by atoms with Crippen molar-refractivity contribution >= 4 is 6.29 Å². The van der Waals surface area contributed by atoms with Crippen molar-refractivity contribution in [3.05, 3.63) is 47.7 Å². The summed E-state index contributed by atoms with van der Waals surface area (Å²) in [5.74, 6) is 1.34. The third-order valence-corrected chi connectivity index (χ3v) is 4.27. The van der Waals surface area contributed by atoms with Gasteiger partial charge in [0, 0.05) is 12.6 Å². The van der Waals surface area contributed by atoms with E-state index in [2.05, 4.69) is 5.10 Å². The average molecular weight is 298 g/mol. The number of carbonyl (C=O) groups is 1. The summed E-state index contributed by atoms with van der Waals surface area (Å²) in [6, 6.07) is 11.8. The Hall–Kier alpha value is -2.10. The second kappa shape index (κ2) is 7.25. The Bertz CT molecular complexity index is 601. The Morgan fingerprint density at radius 3 is 2.68 bits per heavy atom. The van der Waals surface area contributed by atoms with Gasteiger partial charge in [0.05, 0.1) is 0 Å². The lowest BCUT2D eigenvalue weighted by Gasteiger charge is -2.22. The van der Waals surface area contributed by atoms with Gasteiger partial charge in [-0.2, -0.15) is 5.10 Å². The summed E-state index contributed by atoms with van der Waals surface area (Å²) in [7, 11) is 0. The zero-order chi connectivity index (χ0) is 15.2. The molecule has 1 aromatic carbocycles. The Morgan fingerprint density at radius 2 is 1.95 bits per heavy atom. The quantitative estimate of drug-likeness (QED) is 0.761. The van der Waals surface area contributed by atoms with Crippen LogP contribution in [0.3, 0.4) is 0 Å². The fraction of sp³-hybridized carbons (Fsp3) is 0.444. The highest BCUT2D eigenvalue weighted by atomic mass is 16.5. The number of rotatable bonds is 6. The molecule has 0 atom stereocenters. The molecule has 0 saturated heterocycles. The van der Waals surface area contributed by atoms with Crippen LogP contribution in [0, 0.1) is 5.92 Å². The molecule has 0 unspecified atom stereocenters. The van der Waals surface area contributed by atoms with E-state index in [1.165, 1.54) is 32.1 Å². The second-order valence-corrected chi connectivity index (χ2v) is 5.99. The summed E-state index contributed by atoms with van der Waals surface area (Å²) in [4.78, 5) is 11.0. The number of carbonyl (C=O) groups excluding carboxylic acids is 1. The van der Waals surface area contributed by atoms with Crippen LogP contribution in [0.5, 0.6) is 5.88 Å². The normalized spacial score (nSPS) is 15.6. The Balaban J connectivity index is 1.68. The smallest absolute Gasteiger partial charge is 0.212 e. The lowest BCUT2D eigenvalue weighted by molar-refractivity contribution is 0.111. The molecule has 1 heterocycles. The molecular weight excluding hydrogens is 276 g/mol. The van der Waals surface area contributed by atoms with Gasteiger partial charge in [0.2, 0.25) is 5.88 Å². The molecule has 1 saturated carbocycles. The highest BCUT2D eigenvalue weighted by molar-refractivity contribution is 5.72. The fourth-order valence-electron chi connectivity index (χ4n) is 3.07. The molecule has 4 nitrogen and oxygen atoms in total. The summed E-state index contributed by atoms with van der Waals surface area (Å²) in [6.45, 7) is 1.34. The number of aldehydes is 1. The third kappa shape index (κ3) is 3.75. The lowest BCUT2D eigenvalue weighted by Crippen LogP contribution is -2.16. The van der Waals surface area contributed by atoms with E-state index in [4.69, 9.17) is 4.74 Å². The fourth-order valence-corrected chi connectivity index (χ4v) is 3.07. The van der Waals surface area contributed by atoms with Crippen molar-refractivity contribution in [1.82, 2.24) is 9.78 Å². The first-order valence-electron chi connectivity index (χ1n) is 8.05. The SMILES string of the molecule is O=Cc1cc(OCc2ccccc2)n(CC2CCCCC2)n1. The van der Waals surface area contributed by atoms with Crippen molar-refractivity contribution in [2.75, 3.05) is 0 Å². The van der Waals surface area contributed by atoms with Crippen molar-refractivity contribution in [3.8, 4) is 5.88 Å². The Kier molecular flexibility index (Phi) is 4.88. The molecule has 0 N–H and O–H groups in total. The number of aromatic nitrogens is 2. The van der Waals surface area contributed by atoms with Crippen molar-refractivity contribution in [3.63, 3.8) is 0 Å². The molecule has 0 aliphatic heterocycles. The second-order valence-electron chi connectivity index (χ2n) is 5.99. The summed E-state index contributed by atoms with van der Waals surface area (Å²) in [5.41, 5.74) is 1.56. The van der Waals surface area contributed by atoms with Crippen LogP contribution in [0.2, 0.25) is 0 Å². The van der Waals surface area contributed by atoms with E-state index in [9.17, 15) is 4.79 Å². The first-order valence-corrected chi connectivity index (χ1v) is 8.05. The van der Waals surface area contributed by atoms with Gasteiger partial charge in [-0.15, -0.1) is 0 Å². The zero-order valence-corrected chi connectivity index (χ0v) is 12.8. The van der Waals surface area contributed by atoms with E-state index in [0.717, 1.165) is 18.4 Å². The molecule has 0 amide bonds. The van der Waals surface area contributed by atoms with E-state index in [1.807, 2.05) is 35.0 Å². The minimum Gasteiger partial charge on any atom is -0.473 e. The van der Waals surface area contributed by atoms with Gasteiger partial charge in [-0.25, -0.2) is 4.68 Å². The molecule has 3 rings (SSSR count). The highest BCUT2D eigenvalue weighted by Gasteiger charge is 2.17. The van der Waals surface area contributed by atoms with Gasteiger partial charge in [-0.1, -0.05) is 49.6 Å². The van der Waals surface area contributed by atoms with Crippen molar-refractivity contribution in [1.29, 1.82) is 0 Å². The van der Waals surface area contributed by atoms with Gasteiger partial charge in [0.25, 0.3) is 0 Å². The van der Waals surface area contributed by atoms with E-state index < -0.39 is 0 Å². The standard InChI is InChI=1S/C18H22N2O2/c21-13-17-11-18(22-14-16-9-5-2-6-10-16)20(19-17)12-15-7-3-1-4-8-15/h2,5-6,9-11,13,15H,1,3-4,7-8,12,14H2. The number of nitrogens with zero attached hydrogens (tertiary/aromatic N) is 2. The summed E-state index contributed by atoms with van der Waals surface area (Å²) >= 11 is 0. The highest BCUT2D eigenvalue weighted by Crippen LogP contribution is 2.27. The van der Waals surface area contributed by atoms with Crippen LogP contribution in [0.25, 0.3) is 0 Å². The number of hydrogen-bond donors (Lipinski definition) is 0. The molecule has 0 spiro atoms. The minimum atomic E-state index is 0.443. The summed E-state index contributed by atoms with van der Waals surface area (Å²) in [5, 5.41) is 4.36. The van der Waals surface area contributed by atoms with Crippen LogP contribution in [-0.2, 0) is 13.2 Å². The van der Waals surface area contributed by atoms with E-state index >= 15 is 0 Å². The average Bonchev–Trinajstić information content (AvgIpc) is 2.97. The van der Waals surface area contributed by atoms with Gasteiger partial charge in [0.1, 0.15) is 12.3 Å². The maximum atomic E-state index is 11.0. The van der Waals surface area contributed by atoms with Gasteiger partial charge in [-0.05, 0) is 24.3 Å². The first kappa shape index (κ1) is 14.8. The van der Waals surface area contributed by atoms with Crippen molar-refractivity contribution in [2.24, 2.45) is 5.92 Å². The molecule has 1 aromatic heterocycles. The van der Waals surface area contributed by atoms with Gasteiger partial charge in [0.15, 0.2) is 6.29 Å². The number of ether oxygens (including phenoxy) is 1. The molecule has 116 valence electrons. The molecule has 0 bridgehead atoms. The maximum Gasteiger partial charge on any atom is 0.212 e. The van der Waals surface area contributed by atoms with Gasteiger partial charge in [-0.3, -0.25) is 4.79 Å². The third-order valence-electron chi connectivity index (χ3n) is 4.27. The monoisotopic (exact) mass is 298 g/mol. The largest absolute Gasteiger partial charge is 0.473 e. The lowest BCUT2D eigenvalue weighted by atomic mass is 9.89. The number of hydrogen-bond acceptors (Lipinski definition) is 3. The molecule has 2 aromatic rings. The maximum absolute atomic E-state index is 11.0. The van der Waals surface area contributed by atoms with Crippen molar-refractivity contribution in [2.45, 2.75) is 45.3 Å². The zero-order valence-electron chi connectivity index (χ0n) is 12.8. The van der Waals surface area contributed by atoms with Crippen LogP contribution < -0.4 is 4.74 Å². The minimum absolute atomic E-state index is 0.443. The summed E-state index contributed by atoms with van der Waals surface area (Å²) < 4.78 is 7.75. The molecule has 1 fully saturated rings. The van der Waals surface area contributed by atoms with Crippen LogP contribution in [0.15, 0.2) is 36.4 Å². The topological polar surface area (TPSA) is 44.1 Å². The van der Waals surface area contributed by atoms with Crippen molar-refractivity contribution < 1.29 is 9.53 Å². The van der Waals surface area contributed by atoms with Crippen LogP contribution in [0.1, 0.15) is 48.2 Å².